The minimum Gasteiger partial charge on any atom is -0.294 e. The molecule has 0 amide bonds. The zero-order chi connectivity index (χ0) is 10.9. The van der Waals surface area contributed by atoms with Gasteiger partial charge in [-0.05, 0) is 51.5 Å². The minimum atomic E-state index is -2.62. The second-order valence-electron chi connectivity index (χ2n) is 2.68. The summed E-state index contributed by atoms with van der Waals surface area (Å²) in [5.74, 6) is -0.356. The van der Waals surface area contributed by atoms with Gasteiger partial charge < -0.3 is 0 Å². The fourth-order valence-electron chi connectivity index (χ4n) is 1.11. The zero-order valence-electron chi connectivity index (χ0n) is 7.15. The van der Waals surface area contributed by atoms with E-state index < -0.39 is 6.43 Å². The molecule has 76 valence electrons. The first kappa shape index (κ1) is 12.0. The van der Waals surface area contributed by atoms with Gasteiger partial charge in [-0.15, -0.1) is 0 Å². The Labute approximate surface area is 102 Å². The lowest BCUT2D eigenvalue weighted by atomic mass is 10.1. The minimum absolute atomic E-state index is 0.0758. The van der Waals surface area contributed by atoms with E-state index in [9.17, 15) is 13.6 Å². The number of hydrogen-bond acceptors (Lipinski definition) is 1. The molecule has 0 heterocycles. The van der Waals surface area contributed by atoms with Crippen molar-refractivity contribution in [3.8, 4) is 0 Å². The SMILES string of the molecule is CC(=O)c1c(C(F)F)ccc(I)c1Br. The zero-order valence-corrected chi connectivity index (χ0v) is 10.9. The molecule has 1 aromatic rings. The van der Waals surface area contributed by atoms with E-state index >= 15 is 0 Å². The normalized spacial score (nSPS) is 10.7. The highest BCUT2D eigenvalue weighted by molar-refractivity contribution is 14.1. The van der Waals surface area contributed by atoms with Gasteiger partial charge >= 0.3 is 0 Å². The Morgan fingerprint density at radius 3 is 2.50 bits per heavy atom. The smallest absolute Gasteiger partial charge is 0.264 e. The van der Waals surface area contributed by atoms with Crippen molar-refractivity contribution >= 4 is 44.3 Å². The molecule has 5 heteroatoms. The van der Waals surface area contributed by atoms with E-state index in [4.69, 9.17) is 0 Å². The number of halogens is 4. The van der Waals surface area contributed by atoms with Crippen molar-refractivity contribution in [2.75, 3.05) is 0 Å². The molecule has 0 N–H and O–H groups in total. The Hall–Kier alpha value is -0.0400. The van der Waals surface area contributed by atoms with Crippen LogP contribution in [0.15, 0.2) is 16.6 Å². The number of alkyl halides is 2. The van der Waals surface area contributed by atoms with Gasteiger partial charge in [0.25, 0.3) is 6.43 Å². The summed E-state index contributed by atoms with van der Waals surface area (Å²) < 4.78 is 26.2. The van der Waals surface area contributed by atoms with Gasteiger partial charge in [-0.2, -0.15) is 0 Å². The van der Waals surface area contributed by atoms with Gasteiger partial charge in [0.1, 0.15) is 0 Å². The van der Waals surface area contributed by atoms with E-state index in [1.54, 1.807) is 6.07 Å². The van der Waals surface area contributed by atoms with Crippen LogP contribution in [-0.2, 0) is 0 Å². The molecule has 1 nitrogen and oxygen atoms in total. The van der Waals surface area contributed by atoms with Crippen LogP contribution in [0.4, 0.5) is 8.78 Å². The molecular formula is C9H6BrF2IO. The maximum atomic E-state index is 12.5. The highest BCUT2D eigenvalue weighted by Gasteiger charge is 2.19. The number of carbonyl (C=O) groups excluding carboxylic acids is 1. The summed E-state index contributed by atoms with van der Waals surface area (Å²) in [4.78, 5) is 11.2. The van der Waals surface area contributed by atoms with Crippen LogP contribution in [0.3, 0.4) is 0 Å². The lowest BCUT2D eigenvalue weighted by Crippen LogP contribution is -2.02. The Morgan fingerprint density at radius 2 is 2.07 bits per heavy atom. The lowest BCUT2D eigenvalue weighted by Gasteiger charge is -2.09. The van der Waals surface area contributed by atoms with Crippen LogP contribution >= 0.6 is 38.5 Å². The van der Waals surface area contributed by atoms with Gasteiger partial charge in [0.05, 0.1) is 0 Å². The topological polar surface area (TPSA) is 17.1 Å². The molecular weight excluding hydrogens is 369 g/mol. The van der Waals surface area contributed by atoms with Crippen molar-refractivity contribution in [3.05, 3.63) is 31.3 Å². The molecule has 0 radical (unpaired) electrons. The predicted molar refractivity (Wildman–Crippen MR) is 61.8 cm³/mol. The van der Waals surface area contributed by atoms with Crippen molar-refractivity contribution in [2.24, 2.45) is 0 Å². The molecule has 0 unspecified atom stereocenters. The Bertz CT molecular complexity index is 379. The van der Waals surface area contributed by atoms with E-state index in [-0.39, 0.29) is 16.9 Å². The molecule has 0 aliphatic carbocycles. The number of benzene rings is 1. The monoisotopic (exact) mass is 374 g/mol. The van der Waals surface area contributed by atoms with Gasteiger partial charge in [-0.25, -0.2) is 8.78 Å². The number of carbonyl (C=O) groups is 1. The number of hydrogen-bond donors (Lipinski definition) is 0. The fourth-order valence-corrected chi connectivity index (χ4v) is 2.19. The first-order valence-electron chi connectivity index (χ1n) is 3.72. The summed E-state index contributed by atoms with van der Waals surface area (Å²) in [5, 5.41) is 0. The number of rotatable bonds is 2. The molecule has 0 fully saturated rings. The molecule has 0 bridgehead atoms. The van der Waals surface area contributed by atoms with Crippen LogP contribution in [0.2, 0.25) is 0 Å². The lowest BCUT2D eigenvalue weighted by molar-refractivity contribution is 0.0998. The summed E-state index contributed by atoms with van der Waals surface area (Å²) in [6, 6.07) is 2.84. The predicted octanol–water partition coefficient (Wildman–Crippen LogP) is 4.19. The van der Waals surface area contributed by atoms with E-state index in [0.29, 0.717) is 4.47 Å². The van der Waals surface area contributed by atoms with Gasteiger partial charge in [-0.1, -0.05) is 6.07 Å². The van der Waals surface area contributed by atoms with Crippen LogP contribution in [0.5, 0.6) is 0 Å². The van der Waals surface area contributed by atoms with Crippen molar-refractivity contribution < 1.29 is 13.6 Å². The average molecular weight is 375 g/mol. The van der Waals surface area contributed by atoms with E-state index in [1.807, 2.05) is 22.6 Å². The summed E-state index contributed by atoms with van der Waals surface area (Å²) in [5.41, 5.74) is -0.142. The molecule has 0 spiro atoms. The fraction of sp³-hybridized carbons (Fsp3) is 0.222. The van der Waals surface area contributed by atoms with Crippen LogP contribution in [0.25, 0.3) is 0 Å². The largest absolute Gasteiger partial charge is 0.294 e. The molecule has 0 saturated carbocycles. The van der Waals surface area contributed by atoms with E-state index in [1.165, 1.54) is 13.0 Å². The van der Waals surface area contributed by atoms with Crippen molar-refractivity contribution in [2.45, 2.75) is 13.3 Å². The molecule has 1 aromatic carbocycles. The quantitative estimate of drug-likeness (QED) is 0.560. The third kappa shape index (κ3) is 2.31. The third-order valence-corrected chi connectivity index (χ3v) is 4.18. The Kier molecular flexibility index (Phi) is 4.00. The van der Waals surface area contributed by atoms with Gasteiger partial charge in [0.15, 0.2) is 5.78 Å². The van der Waals surface area contributed by atoms with Crippen molar-refractivity contribution in [1.82, 2.24) is 0 Å². The van der Waals surface area contributed by atoms with Gasteiger partial charge in [0.2, 0.25) is 0 Å². The van der Waals surface area contributed by atoms with E-state index in [2.05, 4.69) is 15.9 Å². The molecule has 0 aromatic heterocycles. The second-order valence-corrected chi connectivity index (χ2v) is 4.64. The summed E-state index contributed by atoms with van der Waals surface area (Å²) >= 11 is 5.12. The van der Waals surface area contributed by atoms with Crippen molar-refractivity contribution in [1.29, 1.82) is 0 Å². The maximum Gasteiger partial charge on any atom is 0.264 e. The number of ketones is 1. The van der Waals surface area contributed by atoms with Crippen molar-refractivity contribution in [3.63, 3.8) is 0 Å². The van der Waals surface area contributed by atoms with Crippen LogP contribution in [-0.4, -0.2) is 5.78 Å². The average Bonchev–Trinajstić information content (AvgIpc) is 2.08. The first-order chi connectivity index (χ1) is 6.45. The summed E-state index contributed by atoms with van der Waals surface area (Å²) in [6.45, 7) is 1.28. The standard InChI is InChI=1S/C9H6BrF2IO/c1-4(14)7-5(9(11)12)2-3-6(13)8(7)10/h2-3,9H,1H3. The molecule has 0 aliphatic heterocycles. The molecule has 0 atom stereocenters. The third-order valence-electron chi connectivity index (χ3n) is 1.71. The van der Waals surface area contributed by atoms with Crippen LogP contribution < -0.4 is 0 Å². The van der Waals surface area contributed by atoms with Crippen LogP contribution in [0, 0.1) is 3.57 Å². The second kappa shape index (κ2) is 4.65. The van der Waals surface area contributed by atoms with Crippen LogP contribution in [0.1, 0.15) is 29.3 Å². The van der Waals surface area contributed by atoms with Gasteiger partial charge in [0, 0.05) is 19.2 Å². The Balaban J connectivity index is 3.45. The number of Topliss-reactive ketones (excluding diaryl/α,β-unsaturated/α-hetero) is 1. The molecule has 1 rings (SSSR count). The highest BCUT2D eigenvalue weighted by atomic mass is 127. The highest BCUT2D eigenvalue weighted by Crippen LogP contribution is 2.32. The summed E-state index contributed by atoms with van der Waals surface area (Å²) in [6.07, 6.45) is -2.62. The van der Waals surface area contributed by atoms with Gasteiger partial charge in [-0.3, -0.25) is 4.79 Å². The molecule has 0 aliphatic rings. The summed E-state index contributed by atoms with van der Waals surface area (Å²) in [7, 11) is 0. The maximum absolute atomic E-state index is 12.5. The van der Waals surface area contributed by atoms with E-state index in [0.717, 1.165) is 3.57 Å². The first-order valence-corrected chi connectivity index (χ1v) is 5.59. The molecule has 0 saturated heterocycles. The Morgan fingerprint density at radius 1 is 1.50 bits per heavy atom. The molecule has 14 heavy (non-hydrogen) atoms.